The van der Waals surface area contributed by atoms with E-state index >= 15 is 0 Å². The van der Waals surface area contributed by atoms with E-state index in [9.17, 15) is 17.6 Å². The molecule has 0 atom stereocenters. The monoisotopic (exact) mass is 488 g/mol. The van der Waals surface area contributed by atoms with Gasteiger partial charge in [-0.2, -0.15) is 4.31 Å². The van der Waals surface area contributed by atoms with E-state index in [-0.39, 0.29) is 35.3 Å². The molecule has 174 valence electrons. The average Bonchev–Trinajstić information content (AvgIpc) is 3.26. The number of piperazine rings is 1. The number of sulfonamides is 1. The number of aryl methyl sites for hydroxylation is 1. The fraction of sp³-hybridized carbons (Fsp3) is 0.292. The van der Waals surface area contributed by atoms with Gasteiger partial charge in [0.05, 0.1) is 12.3 Å². The Hall–Kier alpha value is -2.75. The molecule has 0 bridgehead atoms. The normalized spacial score (nSPS) is 14.9. The van der Waals surface area contributed by atoms with E-state index < -0.39 is 16.0 Å². The van der Waals surface area contributed by atoms with Crippen LogP contribution in [0.2, 0.25) is 0 Å². The first-order valence-electron chi connectivity index (χ1n) is 10.7. The van der Waals surface area contributed by atoms with Crippen LogP contribution in [0, 0.1) is 12.7 Å². The molecule has 2 aromatic carbocycles. The van der Waals surface area contributed by atoms with E-state index in [1.165, 1.54) is 10.4 Å². The molecule has 1 aromatic heterocycles. The van der Waals surface area contributed by atoms with Gasteiger partial charge in [0.25, 0.3) is 0 Å². The molecule has 0 amide bonds. The maximum Gasteiger partial charge on any atom is 0.349 e. The van der Waals surface area contributed by atoms with Crippen LogP contribution in [0.25, 0.3) is 11.1 Å². The van der Waals surface area contributed by atoms with E-state index in [2.05, 4.69) is 0 Å². The molecule has 3 aromatic rings. The lowest BCUT2D eigenvalue weighted by atomic mass is 10.1. The van der Waals surface area contributed by atoms with Gasteiger partial charge in [-0.15, -0.1) is 11.3 Å². The minimum absolute atomic E-state index is 0.0193. The Morgan fingerprint density at radius 3 is 2.36 bits per heavy atom. The van der Waals surface area contributed by atoms with Crippen molar-refractivity contribution in [1.82, 2.24) is 4.31 Å². The van der Waals surface area contributed by atoms with Crippen molar-refractivity contribution >= 4 is 33.0 Å². The van der Waals surface area contributed by atoms with Crippen LogP contribution < -0.4 is 4.90 Å². The summed E-state index contributed by atoms with van der Waals surface area (Å²) in [5.74, 6) is -0.984. The topological polar surface area (TPSA) is 66.9 Å². The van der Waals surface area contributed by atoms with Crippen molar-refractivity contribution in [2.45, 2.75) is 18.7 Å². The zero-order valence-electron chi connectivity index (χ0n) is 18.5. The molecule has 4 rings (SSSR count). The Balaban J connectivity index is 1.68. The molecular weight excluding hydrogens is 463 g/mol. The van der Waals surface area contributed by atoms with Gasteiger partial charge in [-0.3, -0.25) is 0 Å². The first kappa shape index (κ1) is 23.4. The Kier molecular flexibility index (Phi) is 6.83. The smallest absolute Gasteiger partial charge is 0.349 e. The van der Waals surface area contributed by atoms with Crippen molar-refractivity contribution in [2.75, 3.05) is 37.7 Å². The molecule has 0 spiro atoms. The lowest BCUT2D eigenvalue weighted by Gasteiger charge is -2.35. The zero-order chi connectivity index (χ0) is 23.6. The number of hydrogen-bond acceptors (Lipinski definition) is 6. The van der Waals surface area contributed by atoms with E-state index in [0.29, 0.717) is 24.3 Å². The van der Waals surface area contributed by atoms with Gasteiger partial charge in [0, 0.05) is 37.1 Å². The summed E-state index contributed by atoms with van der Waals surface area (Å²) in [6.45, 7) is 4.84. The molecule has 33 heavy (non-hydrogen) atoms. The van der Waals surface area contributed by atoms with Crippen LogP contribution in [0.4, 0.5) is 10.1 Å². The van der Waals surface area contributed by atoms with Gasteiger partial charge in [-0.05, 0) is 31.5 Å². The lowest BCUT2D eigenvalue weighted by molar-refractivity contribution is 0.0528. The van der Waals surface area contributed by atoms with Gasteiger partial charge < -0.3 is 9.64 Å². The second kappa shape index (κ2) is 9.62. The number of esters is 1. The highest BCUT2D eigenvalue weighted by molar-refractivity contribution is 7.89. The molecule has 1 saturated heterocycles. The standard InChI is InChI=1S/C24H25FN2O4S2/c1-3-31-24(28)22-23(19(16-32-22)18-10-8-17(2)9-11-18)33(29,30)27-14-12-26(13-15-27)21-7-5-4-6-20(21)25/h4-11,16H,3,12-15H2,1-2H3. The number of benzene rings is 2. The van der Waals surface area contributed by atoms with E-state index in [1.54, 1.807) is 30.5 Å². The third-order valence-corrected chi connectivity index (χ3v) is 8.67. The predicted octanol–water partition coefficient (Wildman–Crippen LogP) is 4.55. The summed E-state index contributed by atoms with van der Waals surface area (Å²) in [5.41, 5.74) is 2.71. The Bertz CT molecular complexity index is 1250. The second-order valence-electron chi connectivity index (χ2n) is 7.74. The van der Waals surface area contributed by atoms with Crippen LogP contribution in [0.3, 0.4) is 0 Å². The van der Waals surface area contributed by atoms with Crippen LogP contribution in [0.5, 0.6) is 0 Å². The van der Waals surface area contributed by atoms with Gasteiger partial charge in [-0.25, -0.2) is 17.6 Å². The number of rotatable bonds is 6. The highest BCUT2D eigenvalue weighted by atomic mass is 32.2. The molecule has 0 unspecified atom stereocenters. The summed E-state index contributed by atoms with van der Waals surface area (Å²) in [5, 5.41) is 1.69. The SMILES string of the molecule is CCOC(=O)c1scc(-c2ccc(C)cc2)c1S(=O)(=O)N1CCN(c2ccccc2F)CC1. The molecule has 0 radical (unpaired) electrons. The third-order valence-electron chi connectivity index (χ3n) is 5.60. The van der Waals surface area contributed by atoms with Crippen LogP contribution in [-0.4, -0.2) is 51.5 Å². The van der Waals surface area contributed by atoms with Crippen molar-refractivity contribution in [3.8, 4) is 11.1 Å². The van der Waals surface area contributed by atoms with Gasteiger partial charge in [0.15, 0.2) is 0 Å². The molecule has 2 heterocycles. The van der Waals surface area contributed by atoms with Crippen molar-refractivity contribution < 1.29 is 22.3 Å². The first-order chi connectivity index (χ1) is 15.8. The van der Waals surface area contributed by atoms with Gasteiger partial charge in [-0.1, -0.05) is 42.0 Å². The number of hydrogen-bond donors (Lipinski definition) is 0. The largest absolute Gasteiger partial charge is 0.462 e. The maximum atomic E-state index is 14.2. The van der Waals surface area contributed by atoms with Crippen LogP contribution in [-0.2, 0) is 14.8 Å². The number of carbonyl (C=O) groups excluding carboxylic acids is 1. The quantitative estimate of drug-likeness (QED) is 0.476. The van der Waals surface area contributed by atoms with Gasteiger partial charge >= 0.3 is 5.97 Å². The van der Waals surface area contributed by atoms with Crippen molar-refractivity contribution in [1.29, 1.82) is 0 Å². The van der Waals surface area contributed by atoms with Gasteiger partial charge in [0.1, 0.15) is 15.6 Å². The Labute approximate surface area is 197 Å². The van der Waals surface area contributed by atoms with Gasteiger partial charge in [0.2, 0.25) is 10.0 Å². The Morgan fingerprint density at radius 1 is 1.06 bits per heavy atom. The lowest BCUT2D eigenvalue weighted by Crippen LogP contribution is -2.49. The fourth-order valence-corrected chi connectivity index (χ4v) is 6.95. The van der Waals surface area contributed by atoms with Crippen molar-refractivity contribution in [3.63, 3.8) is 0 Å². The number of thiophene rings is 1. The molecule has 1 fully saturated rings. The van der Waals surface area contributed by atoms with Crippen molar-refractivity contribution in [2.24, 2.45) is 0 Å². The molecule has 6 nitrogen and oxygen atoms in total. The van der Waals surface area contributed by atoms with E-state index in [4.69, 9.17) is 4.74 Å². The summed E-state index contributed by atoms with van der Waals surface area (Å²) >= 11 is 1.07. The summed E-state index contributed by atoms with van der Waals surface area (Å²) in [7, 11) is -3.99. The maximum absolute atomic E-state index is 14.2. The number of halogens is 1. The molecule has 1 aliphatic heterocycles. The summed E-state index contributed by atoms with van der Waals surface area (Å²) in [6.07, 6.45) is 0. The summed E-state index contributed by atoms with van der Waals surface area (Å²) < 4.78 is 48.3. The zero-order valence-corrected chi connectivity index (χ0v) is 20.1. The summed E-state index contributed by atoms with van der Waals surface area (Å²) in [6, 6.07) is 14.0. The van der Waals surface area contributed by atoms with Crippen molar-refractivity contribution in [3.05, 3.63) is 70.2 Å². The molecule has 1 aliphatic rings. The predicted molar refractivity (Wildman–Crippen MR) is 128 cm³/mol. The van der Waals surface area contributed by atoms with Crippen LogP contribution in [0.15, 0.2) is 58.8 Å². The van der Waals surface area contributed by atoms with Crippen LogP contribution >= 0.6 is 11.3 Å². The number of ether oxygens (including phenoxy) is 1. The first-order valence-corrected chi connectivity index (χ1v) is 13.0. The molecular formula is C24H25FN2O4S2. The third kappa shape index (κ3) is 4.66. The number of nitrogens with zero attached hydrogens (tertiary/aromatic N) is 2. The van der Waals surface area contributed by atoms with Crippen LogP contribution in [0.1, 0.15) is 22.2 Å². The van der Waals surface area contributed by atoms with E-state index in [0.717, 1.165) is 22.5 Å². The molecule has 0 saturated carbocycles. The average molecular weight is 489 g/mol. The summed E-state index contributed by atoms with van der Waals surface area (Å²) in [4.78, 5) is 14.5. The number of anilines is 1. The number of carbonyl (C=O) groups is 1. The fourth-order valence-electron chi connectivity index (χ4n) is 3.88. The minimum Gasteiger partial charge on any atom is -0.462 e. The number of para-hydroxylation sites is 1. The second-order valence-corrected chi connectivity index (χ2v) is 10.5. The molecule has 0 N–H and O–H groups in total. The van der Waals surface area contributed by atoms with E-state index in [1.807, 2.05) is 36.1 Å². The molecule has 0 aliphatic carbocycles. The molecule has 9 heteroatoms. The highest BCUT2D eigenvalue weighted by Crippen LogP contribution is 2.38. The minimum atomic E-state index is -3.99. The highest BCUT2D eigenvalue weighted by Gasteiger charge is 2.36. The Morgan fingerprint density at radius 2 is 1.73 bits per heavy atom.